The number of cyclic esters (lactones) is 1. The molecule has 1 aliphatic rings. The molecule has 1 heterocycles. The van der Waals surface area contributed by atoms with Gasteiger partial charge in [-0.3, -0.25) is 4.79 Å². The number of carbonyl (C=O) groups is 2. The number of benzene rings is 1. The van der Waals surface area contributed by atoms with Gasteiger partial charge in [-0.1, -0.05) is 29.8 Å². The molecular formula is C12H10ClNO3. The summed E-state index contributed by atoms with van der Waals surface area (Å²) < 4.78 is 4.67. The summed E-state index contributed by atoms with van der Waals surface area (Å²) in [5.41, 5.74) is 1.23. The minimum Gasteiger partial charge on any atom is -0.456 e. The van der Waals surface area contributed by atoms with Crippen molar-refractivity contribution in [3.05, 3.63) is 46.6 Å². The smallest absolute Gasteiger partial charge is 0.333 e. The van der Waals surface area contributed by atoms with Gasteiger partial charge in [0.05, 0.1) is 12.1 Å². The van der Waals surface area contributed by atoms with Gasteiger partial charge < -0.3 is 10.1 Å². The zero-order valence-electron chi connectivity index (χ0n) is 8.90. The van der Waals surface area contributed by atoms with E-state index in [-0.39, 0.29) is 18.9 Å². The molecule has 0 aromatic heterocycles. The molecule has 5 heteroatoms. The van der Waals surface area contributed by atoms with Gasteiger partial charge in [-0.25, -0.2) is 4.79 Å². The number of hydrogen-bond donors (Lipinski definition) is 1. The van der Waals surface area contributed by atoms with E-state index in [0.29, 0.717) is 10.7 Å². The largest absolute Gasteiger partial charge is 0.456 e. The molecule has 4 nitrogen and oxygen atoms in total. The number of amides is 1. The number of ether oxygens (including phenoxy) is 1. The van der Waals surface area contributed by atoms with Crippen LogP contribution in [0, 0.1) is 0 Å². The zero-order valence-corrected chi connectivity index (χ0v) is 9.66. The molecule has 1 amide bonds. The van der Waals surface area contributed by atoms with Crippen LogP contribution in [0.25, 0.3) is 0 Å². The number of nitrogens with one attached hydrogen (secondary N) is 1. The summed E-state index contributed by atoms with van der Waals surface area (Å²) in [5, 5.41) is 3.15. The Balaban J connectivity index is 1.96. The number of rotatable bonds is 3. The quantitative estimate of drug-likeness (QED) is 0.827. The van der Waals surface area contributed by atoms with Crippen molar-refractivity contribution >= 4 is 23.5 Å². The Kier molecular flexibility index (Phi) is 3.44. The van der Waals surface area contributed by atoms with Crippen LogP contribution >= 0.6 is 11.6 Å². The molecule has 0 saturated heterocycles. The standard InChI is InChI=1S/C12H10ClNO3/c13-10-4-2-1-3-8(10)5-11(15)14-9-6-12(16)17-7-9/h1-4,6H,5,7H2,(H,14,15). The maximum atomic E-state index is 11.6. The van der Waals surface area contributed by atoms with Crippen LogP contribution in [0.4, 0.5) is 0 Å². The fourth-order valence-corrected chi connectivity index (χ4v) is 1.69. The van der Waals surface area contributed by atoms with Gasteiger partial charge in [0.1, 0.15) is 6.61 Å². The first-order chi connectivity index (χ1) is 8.15. The molecule has 1 aromatic carbocycles. The minimum atomic E-state index is -0.432. The fraction of sp³-hybridized carbons (Fsp3) is 0.167. The van der Waals surface area contributed by atoms with E-state index in [1.807, 2.05) is 6.07 Å². The molecule has 1 N–H and O–H groups in total. The molecule has 1 aromatic rings. The highest BCUT2D eigenvalue weighted by molar-refractivity contribution is 6.31. The second-order valence-corrected chi connectivity index (χ2v) is 4.00. The lowest BCUT2D eigenvalue weighted by molar-refractivity contribution is -0.135. The van der Waals surface area contributed by atoms with E-state index in [0.717, 1.165) is 5.56 Å². The van der Waals surface area contributed by atoms with Gasteiger partial charge in [0.25, 0.3) is 0 Å². The molecule has 0 fully saturated rings. The van der Waals surface area contributed by atoms with E-state index >= 15 is 0 Å². The van der Waals surface area contributed by atoms with Crippen molar-refractivity contribution in [3.8, 4) is 0 Å². The van der Waals surface area contributed by atoms with Gasteiger partial charge in [-0.05, 0) is 11.6 Å². The second-order valence-electron chi connectivity index (χ2n) is 3.59. The molecular weight excluding hydrogens is 242 g/mol. The lowest BCUT2D eigenvalue weighted by Gasteiger charge is -2.05. The van der Waals surface area contributed by atoms with E-state index in [9.17, 15) is 9.59 Å². The van der Waals surface area contributed by atoms with Crippen molar-refractivity contribution in [2.24, 2.45) is 0 Å². The molecule has 0 bridgehead atoms. The molecule has 2 rings (SSSR count). The van der Waals surface area contributed by atoms with Gasteiger partial charge in [0.2, 0.25) is 5.91 Å². The van der Waals surface area contributed by atoms with Crippen molar-refractivity contribution in [2.75, 3.05) is 6.61 Å². The maximum Gasteiger partial charge on any atom is 0.333 e. The predicted octanol–water partition coefficient (Wildman–Crippen LogP) is 1.44. The summed E-state index contributed by atoms with van der Waals surface area (Å²) in [6.07, 6.45) is 1.44. The monoisotopic (exact) mass is 251 g/mol. The average Bonchev–Trinajstić information content (AvgIpc) is 2.67. The van der Waals surface area contributed by atoms with Crippen LogP contribution in [0.3, 0.4) is 0 Å². The van der Waals surface area contributed by atoms with Gasteiger partial charge >= 0.3 is 5.97 Å². The maximum absolute atomic E-state index is 11.6. The molecule has 0 unspecified atom stereocenters. The van der Waals surface area contributed by atoms with Crippen LogP contribution in [0.1, 0.15) is 5.56 Å². The van der Waals surface area contributed by atoms with E-state index in [1.165, 1.54) is 6.08 Å². The van der Waals surface area contributed by atoms with Crippen molar-refractivity contribution in [3.63, 3.8) is 0 Å². The third-order valence-electron chi connectivity index (χ3n) is 2.27. The van der Waals surface area contributed by atoms with E-state index in [2.05, 4.69) is 10.1 Å². The first-order valence-electron chi connectivity index (χ1n) is 5.06. The molecule has 0 saturated carbocycles. The Morgan fingerprint density at radius 3 is 2.82 bits per heavy atom. The van der Waals surface area contributed by atoms with Gasteiger partial charge in [-0.2, -0.15) is 0 Å². The van der Waals surface area contributed by atoms with Gasteiger partial charge in [-0.15, -0.1) is 0 Å². The summed E-state index contributed by atoms with van der Waals surface area (Å²) in [4.78, 5) is 22.4. The summed E-state index contributed by atoms with van der Waals surface area (Å²) >= 11 is 5.93. The molecule has 88 valence electrons. The van der Waals surface area contributed by atoms with E-state index in [1.54, 1.807) is 18.2 Å². The molecule has 0 spiro atoms. The van der Waals surface area contributed by atoms with Crippen LogP contribution in [0.5, 0.6) is 0 Å². The number of esters is 1. The Hall–Kier alpha value is -1.81. The van der Waals surface area contributed by atoms with Crippen LogP contribution in [-0.2, 0) is 20.7 Å². The van der Waals surface area contributed by atoms with Crippen LogP contribution in [0.15, 0.2) is 36.0 Å². The van der Waals surface area contributed by atoms with Crippen molar-refractivity contribution in [1.82, 2.24) is 5.32 Å². The molecule has 0 aliphatic carbocycles. The van der Waals surface area contributed by atoms with Gasteiger partial charge in [0.15, 0.2) is 0 Å². The fourth-order valence-electron chi connectivity index (χ4n) is 1.48. The number of halogens is 1. The van der Waals surface area contributed by atoms with Crippen molar-refractivity contribution < 1.29 is 14.3 Å². The summed E-state index contributed by atoms with van der Waals surface area (Å²) in [7, 11) is 0. The lowest BCUT2D eigenvalue weighted by Crippen LogP contribution is -2.25. The van der Waals surface area contributed by atoms with Crippen molar-refractivity contribution in [2.45, 2.75) is 6.42 Å². The molecule has 17 heavy (non-hydrogen) atoms. The highest BCUT2D eigenvalue weighted by Crippen LogP contribution is 2.15. The molecule has 0 radical (unpaired) electrons. The van der Waals surface area contributed by atoms with Crippen molar-refractivity contribution in [1.29, 1.82) is 0 Å². The third-order valence-corrected chi connectivity index (χ3v) is 2.64. The third kappa shape index (κ3) is 3.07. The van der Waals surface area contributed by atoms with E-state index < -0.39 is 5.97 Å². The van der Waals surface area contributed by atoms with Crippen LogP contribution in [-0.4, -0.2) is 18.5 Å². The topological polar surface area (TPSA) is 55.4 Å². The SMILES string of the molecule is O=C(Cc1ccccc1Cl)NC1=CC(=O)OC1. The Morgan fingerprint density at radius 2 is 2.18 bits per heavy atom. The zero-order chi connectivity index (χ0) is 12.3. The van der Waals surface area contributed by atoms with E-state index in [4.69, 9.17) is 11.6 Å². The summed E-state index contributed by atoms with van der Waals surface area (Å²) in [5.74, 6) is -0.652. The normalized spacial score (nSPS) is 14.2. The first kappa shape index (κ1) is 11.7. The second kappa shape index (κ2) is 5.01. The Morgan fingerprint density at radius 1 is 1.41 bits per heavy atom. The lowest BCUT2D eigenvalue weighted by atomic mass is 10.1. The minimum absolute atomic E-state index is 0.118. The molecule has 0 atom stereocenters. The summed E-state index contributed by atoms with van der Waals surface area (Å²) in [6.45, 7) is 0.118. The Labute approximate surface area is 103 Å². The number of carbonyl (C=O) groups excluding carboxylic acids is 2. The van der Waals surface area contributed by atoms with Crippen LogP contribution < -0.4 is 5.32 Å². The number of hydrogen-bond acceptors (Lipinski definition) is 3. The highest BCUT2D eigenvalue weighted by Gasteiger charge is 2.15. The van der Waals surface area contributed by atoms with Crippen LogP contribution in [0.2, 0.25) is 5.02 Å². The first-order valence-corrected chi connectivity index (χ1v) is 5.43. The summed E-state index contributed by atoms with van der Waals surface area (Å²) in [6, 6.07) is 7.13. The van der Waals surface area contributed by atoms with Gasteiger partial charge in [0, 0.05) is 11.1 Å². The predicted molar refractivity (Wildman–Crippen MR) is 62.3 cm³/mol. The highest BCUT2D eigenvalue weighted by atomic mass is 35.5. The molecule has 1 aliphatic heterocycles. The average molecular weight is 252 g/mol. The Bertz CT molecular complexity index is 496.